The molecule has 2 amide bonds. The molecule has 1 heterocycles. The first-order chi connectivity index (χ1) is 11.9. The molecule has 0 saturated heterocycles. The Bertz CT molecular complexity index is 796. The quantitative estimate of drug-likeness (QED) is 0.929. The van der Waals surface area contributed by atoms with E-state index in [0.29, 0.717) is 18.0 Å². The van der Waals surface area contributed by atoms with Crippen molar-refractivity contribution in [1.82, 2.24) is 0 Å². The number of amides is 2. The summed E-state index contributed by atoms with van der Waals surface area (Å²) >= 11 is 0. The minimum absolute atomic E-state index is 0.116. The van der Waals surface area contributed by atoms with E-state index in [1.54, 1.807) is 11.8 Å². The summed E-state index contributed by atoms with van der Waals surface area (Å²) in [6, 6.07) is 13.3. The molecule has 0 aromatic heterocycles. The Hall–Kier alpha value is -2.82. The zero-order valence-electron chi connectivity index (χ0n) is 14.7. The van der Waals surface area contributed by atoms with Crippen LogP contribution in [0, 0.1) is 13.8 Å². The number of fused-ring (bicyclic) bond motifs is 1. The van der Waals surface area contributed by atoms with Crippen molar-refractivity contribution in [3.63, 3.8) is 0 Å². The number of nitrogens with one attached hydrogen (secondary N) is 1. The molecule has 5 heteroatoms. The van der Waals surface area contributed by atoms with Crippen LogP contribution in [0.5, 0.6) is 5.75 Å². The van der Waals surface area contributed by atoms with Crippen molar-refractivity contribution in [2.75, 3.05) is 16.8 Å². The topological polar surface area (TPSA) is 58.6 Å². The van der Waals surface area contributed by atoms with E-state index in [9.17, 15) is 9.59 Å². The van der Waals surface area contributed by atoms with Crippen molar-refractivity contribution in [3.05, 3.63) is 53.6 Å². The maximum Gasteiger partial charge on any atom is 0.267 e. The van der Waals surface area contributed by atoms with Crippen LogP contribution in [-0.4, -0.2) is 24.5 Å². The first-order valence-corrected chi connectivity index (χ1v) is 8.39. The van der Waals surface area contributed by atoms with Gasteiger partial charge in [0.15, 0.2) is 6.10 Å². The highest BCUT2D eigenvalue weighted by Gasteiger charge is 2.31. The highest BCUT2D eigenvalue weighted by atomic mass is 16.5. The Labute approximate surface area is 147 Å². The number of para-hydroxylation sites is 2. The molecule has 3 rings (SSSR count). The van der Waals surface area contributed by atoms with Crippen LogP contribution in [-0.2, 0) is 9.59 Å². The molecule has 2 aromatic rings. The summed E-state index contributed by atoms with van der Waals surface area (Å²) in [7, 11) is 0. The van der Waals surface area contributed by atoms with Crippen molar-refractivity contribution < 1.29 is 14.3 Å². The molecule has 0 unspecified atom stereocenters. The Morgan fingerprint density at radius 2 is 1.84 bits per heavy atom. The summed E-state index contributed by atoms with van der Waals surface area (Å²) in [5, 5.41) is 2.91. The van der Waals surface area contributed by atoms with Gasteiger partial charge in [-0.05, 0) is 56.2 Å². The molecular formula is C20H22N2O3. The Balaban J connectivity index is 1.68. The van der Waals surface area contributed by atoms with E-state index >= 15 is 0 Å². The summed E-state index contributed by atoms with van der Waals surface area (Å²) < 4.78 is 5.61. The minimum Gasteiger partial charge on any atom is -0.479 e. The lowest BCUT2D eigenvalue weighted by atomic mass is 10.1. The van der Waals surface area contributed by atoms with Crippen LogP contribution in [0.1, 0.15) is 24.5 Å². The standard InChI is InChI=1S/C20H22N2O3/c1-13-10-14(2)12-16(11-13)21-19(23)8-9-22-17-6-4-5-7-18(17)25-15(3)20(22)24/h4-7,10-12,15H,8-9H2,1-3H3,(H,21,23)/t15-/m1/s1. The molecule has 0 radical (unpaired) electrons. The van der Waals surface area contributed by atoms with Crippen LogP contribution in [0.2, 0.25) is 0 Å². The fourth-order valence-electron chi connectivity index (χ4n) is 3.07. The number of hydrogen-bond acceptors (Lipinski definition) is 3. The van der Waals surface area contributed by atoms with Crippen LogP contribution in [0.4, 0.5) is 11.4 Å². The number of aryl methyl sites for hydroxylation is 2. The lowest BCUT2D eigenvalue weighted by Crippen LogP contribution is -2.45. The highest BCUT2D eigenvalue weighted by Crippen LogP contribution is 2.33. The normalized spacial score (nSPS) is 16.2. The molecule has 0 spiro atoms. The van der Waals surface area contributed by atoms with Gasteiger partial charge in [-0.1, -0.05) is 18.2 Å². The third-order valence-electron chi connectivity index (χ3n) is 4.14. The van der Waals surface area contributed by atoms with E-state index in [-0.39, 0.29) is 18.2 Å². The van der Waals surface area contributed by atoms with E-state index in [2.05, 4.69) is 11.4 Å². The second-order valence-electron chi connectivity index (χ2n) is 6.39. The predicted octanol–water partition coefficient (Wildman–Crippen LogP) is 3.45. The molecule has 1 atom stereocenters. The molecule has 1 N–H and O–H groups in total. The number of hydrogen-bond donors (Lipinski definition) is 1. The number of rotatable bonds is 4. The van der Waals surface area contributed by atoms with Gasteiger partial charge in [0.25, 0.3) is 5.91 Å². The summed E-state index contributed by atoms with van der Waals surface area (Å²) in [6.07, 6.45) is -0.322. The summed E-state index contributed by atoms with van der Waals surface area (Å²) in [5.41, 5.74) is 3.69. The van der Waals surface area contributed by atoms with Crippen molar-refractivity contribution in [3.8, 4) is 5.75 Å². The van der Waals surface area contributed by atoms with Crippen LogP contribution in [0.3, 0.4) is 0 Å². The zero-order valence-corrected chi connectivity index (χ0v) is 14.7. The minimum atomic E-state index is -0.544. The summed E-state index contributed by atoms with van der Waals surface area (Å²) in [5.74, 6) is 0.427. The molecule has 0 bridgehead atoms. The monoisotopic (exact) mass is 338 g/mol. The van der Waals surface area contributed by atoms with Gasteiger partial charge in [0.05, 0.1) is 5.69 Å². The molecule has 130 valence electrons. The van der Waals surface area contributed by atoms with Gasteiger partial charge < -0.3 is 15.0 Å². The molecule has 5 nitrogen and oxygen atoms in total. The van der Waals surface area contributed by atoms with E-state index < -0.39 is 6.10 Å². The first-order valence-electron chi connectivity index (χ1n) is 8.39. The number of nitrogens with zero attached hydrogens (tertiary/aromatic N) is 1. The van der Waals surface area contributed by atoms with Gasteiger partial charge in [0, 0.05) is 18.7 Å². The summed E-state index contributed by atoms with van der Waals surface area (Å²) in [4.78, 5) is 26.3. The highest BCUT2D eigenvalue weighted by molar-refractivity contribution is 6.00. The largest absolute Gasteiger partial charge is 0.479 e. The fourth-order valence-corrected chi connectivity index (χ4v) is 3.07. The fraction of sp³-hybridized carbons (Fsp3) is 0.300. The van der Waals surface area contributed by atoms with Gasteiger partial charge in [0.1, 0.15) is 5.75 Å². The molecular weight excluding hydrogens is 316 g/mol. The molecule has 2 aromatic carbocycles. The second-order valence-corrected chi connectivity index (χ2v) is 6.39. The Kier molecular flexibility index (Phi) is 4.74. The maximum absolute atomic E-state index is 12.4. The molecule has 1 aliphatic rings. The van der Waals surface area contributed by atoms with Gasteiger partial charge in [-0.15, -0.1) is 0 Å². The van der Waals surface area contributed by atoms with Crippen molar-refractivity contribution in [2.24, 2.45) is 0 Å². The third-order valence-corrected chi connectivity index (χ3v) is 4.14. The molecule has 25 heavy (non-hydrogen) atoms. The number of benzene rings is 2. The summed E-state index contributed by atoms with van der Waals surface area (Å²) in [6.45, 7) is 6.03. The van der Waals surface area contributed by atoms with Crippen molar-refractivity contribution >= 4 is 23.2 Å². The van der Waals surface area contributed by atoms with Crippen molar-refractivity contribution in [2.45, 2.75) is 33.3 Å². The van der Waals surface area contributed by atoms with E-state index in [1.807, 2.05) is 50.2 Å². The smallest absolute Gasteiger partial charge is 0.267 e. The van der Waals surface area contributed by atoms with Crippen LogP contribution < -0.4 is 15.0 Å². The molecule has 0 aliphatic carbocycles. The number of ether oxygens (including phenoxy) is 1. The van der Waals surface area contributed by atoms with Gasteiger partial charge in [-0.25, -0.2) is 0 Å². The average Bonchev–Trinajstić information content (AvgIpc) is 2.54. The molecule has 0 fully saturated rings. The average molecular weight is 338 g/mol. The SMILES string of the molecule is Cc1cc(C)cc(NC(=O)CCN2C(=O)[C@@H](C)Oc3ccccc32)c1. The Morgan fingerprint density at radius 3 is 2.56 bits per heavy atom. The number of carbonyl (C=O) groups excluding carboxylic acids is 2. The van der Waals surface area contributed by atoms with Crippen LogP contribution >= 0.6 is 0 Å². The lowest BCUT2D eigenvalue weighted by Gasteiger charge is -2.32. The zero-order chi connectivity index (χ0) is 18.0. The van der Waals surface area contributed by atoms with Gasteiger partial charge in [-0.3, -0.25) is 9.59 Å². The predicted molar refractivity (Wildman–Crippen MR) is 98.0 cm³/mol. The van der Waals surface area contributed by atoms with Gasteiger partial charge in [0.2, 0.25) is 5.91 Å². The van der Waals surface area contributed by atoms with E-state index in [4.69, 9.17) is 4.74 Å². The van der Waals surface area contributed by atoms with Crippen LogP contribution in [0.25, 0.3) is 0 Å². The first kappa shape index (κ1) is 17.0. The van der Waals surface area contributed by atoms with Crippen LogP contribution in [0.15, 0.2) is 42.5 Å². The second kappa shape index (κ2) is 6.97. The molecule has 0 saturated carbocycles. The van der Waals surface area contributed by atoms with Crippen molar-refractivity contribution in [1.29, 1.82) is 0 Å². The lowest BCUT2D eigenvalue weighted by molar-refractivity contribution is -0.125. The van der Waals surface area contributed by atoms with Gasteiger partial charge in [-0.2, -0.15) is 0 Å². The Morgan fingerprint density at radius 1 is 1.16 bits per heavy atom. The maximum atomic E-state index is 12.4. The van der Waals surface area contributed by atoms with E-state index in [1.165, 1.54) is 0 Å². The van der Waals surface area contributed by atoms with Gasteiger partial charge >= 0.3 is 0 Å². The van der Waals surface area contributed by atoms with E-state index in [0.717, 1.165) is 16.8 Å². The third kappa shape index (κ3) is 3.82. The number of carbonyl (C=O) groups is 2. The number of anilines is 2. The molecule has 1 aliphatic heterocycles.